The molecule has 0 aliphatic carbocycles. The molecule has 1 unspecified atom stereocenters. The summed E-state index contributed by atoms with van der Waals surface area (Å²) in [6.45, 7) is -0.797. The van der Waals surface area contributed by atoms with Gasteiger partial charge in [0, 0.05) is 12.4 Å². The molecule has 1 aliphatic heterocycles. The van der Waals surface area contributed by atoms with Gasteiger partial charge >= 0.3 is 6.55 Å². The number of hydrogen-bond donors (Lipinski definition) is 1. The highest BCUT2D eigenvalue weighted by Gasteiger charge is 2.27. The molecule has 0 radical (unpaired) electrons. The van der Waals surface area contributed by atoms with Gasteiger partial charge < -0.3 is 5.11 Å². The number of nitrogens with zero attached hydrogens (tertiary/aromatic N) is 3. The van der Waals surface area contributed by atoms with Gasteiger partial charge in [-0.1, -0.05) is 12.1 Å². The molecule has 1 aromatic heterocycles. The normalized spacial score (nSPS) is 18.2. The Balaban J connectivity index is 1.55. The topological polar surface area (TPSA) is 41.3 Å². The van der Waals surface area contributed by atoms with Crippen LogP contribution in [0.1, 0.15) is 36.9 Å². The Kier molecular flexibility index (Phi) is 5.20. The third kappa shape index (κ3) is 3.79. The summed E-state index contributed by atoms with van der Waals surface area (Å²) in [5.41, 5.74) is 0.711. The molecule has 0 bridgehead atoms. The molecule has 4 nitrogen and oxygen atoms in total. The van der Waals surface area contributed by atoms with Crippen molar-refractivity contribution in [1.82, 2.24) is 14.5 Å². The number of aliphatic hydroxyl groups excluding tert-OH is 1. The highest BCUT2D eigenvalue weighted by molar-refractivity contribution is 5.19. The van der Waals surface area contributed by atoms with E-state index in [0.29, 0.717) is 31.0 Å². The zero-order chi connectivity index (χ0) is 17.1. The molecule has 130 valence electrons. The Labute approximate surface area is 138 Å². The molecule has 1 aliphatic rings. The van der Waals surface area contributed by atoms with Crippen molar-refractivity contribution in [2.24, 2.45) is 5.92 Å². The van der Waals surface area contributed by atoms with Crippen LogP contribution >= 0.6 is 0 Å². The van der Waals surface area contributed by atoms with Gasteiger partial charge in [0.1, 0.15) is 11.6 Å². The second-order valence-electron chi connectivity index (χ2n) is 6.14. The largest absolute Gasteiger partial charge is 0.388 e. The zero-order valence-corrected chi connectivity index (χ0v) is 13.2. The number of piperidine rings is 1. The Morgan fingerprint density at radius 3 is 2.46 bits per heavy atom. The fourth-order valence-electron chi connectivity index (χ4n) is 3.20. The number of rotatable bonds is 5. The maximum atomic E-state index is 13.0. The fraction of sp³-hybridized carbons (Fsp3) is 0.471. The Morgan fingerprint density at radius 2 is 1.83 bits per heavy atom. The number of alkyl halides is 2. The summed E-state index contributed by atoms with van der Waals surface area (Å²) in [4.78, 5) is 6.06. The van der Waals surface area contributed by atoms with E-state index < -0.39 is 12.7 Å². The lowest BCUT2D eigenvalue weighted by Gasteiger charge is -2.34. The van der Waals surface area contributed by atoms with Crippen LogP contribution in [0.15, 0.2) is 36.7 Å². The molecule has 0 saturated carbocycles. The third-order valence-corrected chi connectivity index (χ3v) is 4.61. The smallest absolute Gasteiger partial charge is 0.319 e. The predicted octanol–water partition coefficient (Wildman–Crippen LogP) is 3.36. The summed E-state index contributed by atoms with van der Waals surface area (Å²) < 4.78 is 39.5. The highest BCUT2D eigenvalue weighted by atomic mass is 19.3. The number of halogens is 3. The number of aliphatic hydroxyl groups is 1. The molecular weight excluding hydrogens is 319 g/mol. The van der Waals surface area contributed by atoms with Crippen molar-refractivity contribution in [3.8, 4) is 0 Å². The molecule has 1 aromatic carbocycles. The quantitative estimate of drug-likeness (QED) is 0.908. The number of imidazole rings is 1. The van der Waals surface area contributed by atoms with Gasteiger partial charge in [-0.15, -0.1) is 0 Å². The molecule has 24 heavy (non-hydrogen) atoms. The molecule has 1 saturated heterocycles. The van der Waals surface area contributed by atoms with Gasteiger partial charge in [0.25, 0.3) is 0 Å². The first-order valence-corrected chi connectivity index (χ1v) is 8.00. The number of benzene rings is 1. The van der Waals surface area contributed by atoms with E-state index in [4.69, 9.17) is 0 Å². The molecule has 1 N–H and O–H groups in total. The van der Waals surface area contributed by atoms with E-state index in [1.54, 1.807) is 12.1 Å². The summed E-state index contributed by atoms with van der Waals surface area (Å²) in [5.74, 6) is 0.111. The van der Waals surface area contributed by atoms with Gasteiger partial charge in [-0.3, -0.25) is 9.47 Å². The van der Waals surface area contributed by atoms with Gasteiger partial charge in [-0.25, -0.2) is 9.37 Å². The van der Waals surface area contributed by atoms with Gasteiger partial charge in [-0.05, 0) is 49.5 Å². The molecule has 2 heterocycles. The zero-order valence-electron chi connectivity index (χ0n) is 13.2. The minimum Gasteiger partial charge on any atom is -0.388 e. The van der Waals surface area contributed by atoms with Gasteiger partial charge in [0.15, 0.2) is 0 Å². The van der Waals surface area contributed by atoms with Crippen LogP contribution < -0.4 is 0 Å². The van der Waals surface area contributed by atoms with Crippen LogP contribution in [0, 0.1) is 11.7 Å². The summed E-state index contributed by atoms with van der Waals surface area (Å²) in [6.07, 6.45) is 3.55. The first-order chi connectivity index (χ1) is 11.5. The van der Waals surface area contributed by atoms with E-state index in [2.05, 4.69) is 9.88 Å². The van der Waals surface area contributed by atoms with Crippen molar-refractivity contribution in [2.75, 3.05) is 13.1 Å². The minimum atomic E-state index is -2.58. The maximum absolute atomic E-state index is 13.0. The first kappa shape index (κ1) is 17.0. The van der Waals surface area contributed by atoms with E-state index >= 15 is 0 Å². The van der Waals surface area contributed by atoms with Gasteiger partial charge in [-0.2, -0.15) is 8.78 Å². The van der Waals surface area contributed by atoms with Crippen molar-refractivity contribution in [1.29, 1.82) is 0 Å². The Hall–Kier alpha value is -1.86. The lowest BCUT2D eigenvalue weighted by molar-refractivity contribution is 0.0477. The monoisotopic (exact) mass is 339 g/mol. The molecule has 0 amide bonds. The molecule has 1 fully saturated rings. The average Bonchev–Trinajstić information content (AvgIpc) is 3.04. The van der Waals surface area contributed by atoms with E-state index in [-0.39, 0.29) is 11.7 Å². The summed E-state index contributed by atoms with van der Waals surface area (Å²) >= 11 is 0. The molecule has 0 spiro atoms. The van der Waals surface area contributed by atoms with Crippen molar-refractivity contribution in [2.45, 2.75) is 32.0 Å². The lowest BCUT2D eigenvalue weighted by atomic mass is 9.87. The summed E-state index contributed by atoms with van der Waals surface area (Å²) in [6, 6.07) is 5.90. The van der Waals surface area contributed by atoms with E-state index in [9.17, 15) is 18.3 Å². The number of likely N-dealkylation sites (tertiary alicyclic amines) is 1. The molecule has 3 rings (SSSR count). The number of aromatic nitrogens is 2. The molecule has 7 heteroatoms. The van der Waals surface area contributed by atoms with Gasteiger partial charge in [0.2, 0.25) is 0 Å². The van der Waals surface area contributed by atoms with E-state index in [1.165, 1.54) is 24.5 Å². The Morgan fingerprint density at radius 1 is 1.17 bits per heavy atom. The van der Waals surface area contributed by atoms with Crippen molar-refractivity contribution in [3.63, 3.8) is 0 Å². The molecule has 1 atom stereocenters. The second-order valence-corrected chi connectivity index (χ2v) is 6.14. The van der Waals surface area contributed by atoms with Crippen LogP contribution in [0.2, 0.25) is 0 Å². The fourth-order valence-corrected chi connectivity index (χ4v) is 3.20. The SMILES string of the molecule is OC(c1ccc(F)cc1)C1CCN(Cc2nccn2C(F)F)CC1. The molecular formula is C17H20F3N3O. The van der Waals surface area contributed by atoms with Crippen molar-refractivity contribution < 1.29 is 18.3 Å². The van der Waals surface area contributed by atoms with Crippen LogP contribution in [-0.2, 0) is 6.54 Å². The van der Waals surface area contributed by atoms with Crippen LogP contribution in [0.3, 0.4) is 0 Å². The van der Waals surface area contributed by atoms with Crippen LogP contribution in [0.4, 0.5) is 13.2 Å². The summed E-state index contributed by atoms with van der Waals surface area (Å²) in [7, 11) is 0. The standard InChI is InChI=1S/C17H20F3N3O/c18-14-3-1-12(2-4-14)16(24)13-5-8-22(9-6-13)11-15-21-7-10-23(15)17(19)20/h1-4,7,10,13,16-17,24H,5-6,8-9,11H2. The number of hydrogen-bond acceptors (Lipinski definition) is 3. The summed E-state index contributed by atoms with van der Waals surface area (Å²) in [5, 5.41) is 10.4. The third-order valence-electron chi connectivity index (χ3n) is 4.61. The van der Waals surface area contributed by atoms with Crippen LogP contribution in [0.25, 0.3) is 0 Å². The highest BCUT2D eigenvalue weighted by Crippen LogP contribution is 2.31. The van der Waals surface area contributed by atoms with Crippen LogP contribution in [-0.4, -0.2) is 32.6 Å². The van der Waals surface area contributed by atoms with Crippen molar-refractivity contribution >= 4 is 0 Å². The second kappa shape index (κ2) is 7.36. The first-order valence-electron chi connectivity index (χ1n) is 8.00. The van der Waals surface area contributed by atoms with Gasteiger partial charge in [0.05, 0.1) is 12.6 Å². The predicted molar refractivity (Wildman–Crippen MR) is 82.8 cm³/mol. The lowest BCUT2D eigenvalue weighted by Crippen LogP contribution is -2.36. The van der Waals surface area contributed by atoms with E-state index in [0.717, 1.165) is 17.4 Å². The minimum absolute atomic E-state index is 0.0848. The Bertz CT molecular complexity index is 651. The van der Waals surface area contributed by atoms with Crippen LogP contribution in [0.5, 0.6) is 0 Å². The average molecular weight is 339 g/mol. The maximum Gasteiger partial charge on any atom is 0.319 e. The van der Waals surface area contributed by atoms with Crippen molar-refractivity contribution in [3.05, 3.63) is 53.9 Å². The molecule has 2 aromatic rings. The van der Waals surface area contributed by atoms with E-state index in [1.807, 2.05) is 0 Å².